The van der Waals surface area contributed by atoms with Crippen LogP contribution < -0.4 is 11.4 Å². The maximum Gasteiger partial charge on any atom is 0.349 e. The second kappa shape index (κ2) is 9.81. The van der Waals surface area contributed by atoms with Crippen LogP contribution >= 0.6 is 0 Å². The van der Waals surface area contributed by atoms with Gasteiger partial charge >= 0.3 is 5.63 Å². The summed E-state index contributed by atoms with van der Waals surface area (Å²) in [6.07, 6.45) is 1.82. The maximum absolute atomic E-state index is 13.3. The molecule has 0 radical (unpaired) electrons. The second-order valence-corrected chi connectivity index (χ2v) is 9.98. The van der Waals surface area contributed by atoms with Crippen LogP contribution in [0.3, 0.4) is 0 Å². The number of nitrogens with two attached hydrogens (primary N) is 1. The highest BCUT2D eigenvalue weighted by atomic mass is 16.4. The Morgan fingerprint density at radius 1 is 0.951 bits per heavy atom. The number of aromatic nitrogens is 3. The Balaban J connectivity index is 1.65. The quantitative estimate of drug-likeness (QED) is 0.246. The molecule has 0 bridgehead atoms. The number of rotatable bonds is 4. The molecule has 0 saturated heterocycles. The first-order valence-corrected chi connectivity index (χ1v) is 13.0. The fourth-order valence-electron chi connectivity index (χ4n) is 5.03. The van der Waals surface area contributed by atoms with Crippen molar-refractivity contribution in [2.75, 3.05) is 5.73 Å². The van der Waals surface area contributed by atoms with Gasteiger partial charge in [-0.15, -0.1) is 0 Å². The van der Waals surface area contributed by atoms with Crippen molar-refractivity contribution in [2.24, 2.45) is 0 Å². The Hall–Kier alpha value is -5.68. The number of anilines is 1. The molecule has 0 unspecified atom stereocenters. The number of pyridine rings is 1. The Morgan fingerprint density at radius 2 is 1.66 bits per heavy atom. The molecule has 0 aliphatic heterocycles. The summed E-state index contributed by atoms with van der Waals surface area (Å²) in [5, 5.41) is 26.8. The van der Waals surface area contributed by atoms with E-state index in [1.807, 2.05) is 86.8 Å². The molecule has 8 nitrogen and oxygen atoms in total. The predicted octanol–water partition coefficient (Wildman–Crippen LogP) is 6.46. The molecule has 3 aromatic heterocycles. The third-order valence-corrected chi connectivity index (χ3v) is 7.20. The number of nitrogens with zero attached hydrogens (tertiary/aromatic N) is 4. The summed E-state index contributed by atoms with van der Waals surface area (Å²) in [5.41, 5.74) is 11.8. The van der Waals surface area contributed by atoms with Crippen molar-refractivity contribution in [3.8, 4) is 51.1 Å². The number of aromatic hydroxyl groups is 1. The first kappa shape index (κ1) is 25.6. The van der Waals surface area contributed by atoms with Crippen molar-refractivity contribution < 1.29 is 9.52 Å². The Bertz CT molecular complexity index is 2070. The summed E-state index contributed by atoms with van der Waals surface area (Å²) in [6.45, 7) is 5.63. The lowest BCUT2D eigenvalue weighted by Gasteiger charge is -2.13. The van der Waals surface area contributed by atoms with Crippen LogP contribution in [0.2, 0.25) is 0 Å². The Morgan fingerprint density at radius 3 is 2.37 bits per heavy atom. The van der Waals surface area contributed by atoms with Gasteiger partial charge in [0.25, 0.3) is 0 Å². The van der Waals surface area contributed by atoms with Gasteiger partial charge in [0, 0.05) is 22.9 Å². The van der Waals surface area contributed by atoms with Crippen LogP contribution in [0.5, 0.6) is 5.75 Å². The summed E-state index contributed by atoms with van der Waals surface area (Å²) in [4.78, 5) is 17.6. The van der Waals surface area contributed by atoms with Crippen molar-refractivity contribution in [3.05, 3.63) is 112 Å². The number of nitriles is 1. The fourth-order valence-corrected chi connectivity index (χ4v) is 5.03. The monoisotopic (exact) mass is 539 g/mol. The van der Waals surface area contributed by atoms with Crippen LogP contribution in [-0.4, -0.2) is 19.9 Å². The molecule has 0 aliphatic rings. The van der Waals surface area contributed by atoms with E-state index in [2.05, 4.69) is 11.1 Å². The number of hydrogen-bond acceptors (Lipinski definition) is 7. The summed E-state index contributed by atoms with van der Waals surface area (Å²) < 4.78 is 7.40. The summed E-state index contributed by atoms with van der Waals surface area (Å²) in [5.74, 6) is -0.332. The van der Waals surface area contributed by atoms with Crippen molar-refractivity contribution in [1.82, 2.24) is 14.8 Å². The number of nitrogen functional groups attached to an aromatic ring is 1. The molecular weight excluding hydrogens is 514 g/mol. The molecular formula is C33H25N5O3. The van der Waals surface area contributed by atoms with Gasteiger partial charge in [0.1, 0.15) is 40.0 Å². The van der Waals surface area contributed by atoms with Gasteiger partial charge < -0.3 is 15.3 Å². The summed E-state index contributed by atoms with van der Waals surface area (Å²) in [7, 11) is 0. The third kappa shape index (κ3) is 4.30. The van der Waals surface area contributed by atoms with E-state index in [0.717, 1.165) is 22.4 Å². The lowest BCUT2D eigenvalue weighted by molar-refractivity contribution is 0.470. The van der Waals surface area contributed by atoms with E-state index in [0.29, 0.717) is 33.4 Å². The average Bonchev–Trinajstić information content (AvgIpc) is 3.41. The standard InChI is InChI=1S/C33H25N5O3/c1-18-9-13-21(14-10-18)29-25(17-38(37-29)22-7-5-4-6-8-22)23-15-26(36-32(35)24(23)16-34)28-30(39)27-19(2)11-12-20(3)31(27)41-33(28)40/h4-15,17,39H,1-3H3,(H2,35,36). The molecule has 3 heterocycles. The highest BCUT2D eigenvalue weighted by Gasteiger charge is 2.25. The number of aryl methyl sites for hydroxylation is 3. The van der Waals surface area contributed by atoms with Crippen LogP contribution in [0.4, 0.5) is 5.82 Å². The number of benzene rings is 3. The highest BCUT2D eigenvalue weighted by molar-refractivity contribution is 5.95. The molecule has 0 atom stereocenters. The van der Waals surface area contributed by atoms with E-state index in [4.69, 9.17) is 15.2 Å². The molecule has 200 valence electrons. The minimum Gasteiger partial charge on any atom is -0.506 e. The molecule has 6 rings (SSSR count). The zero-order valence-electron chi connectivity index (χ0n) is 22.6. The fraction of sp³-hybridized carbons (Fsp3) is 0.0909. The van der Waals surface area contributed by atoms with E-state index < -0.39 is 5.63 Å². The molecule has 3 N–H and O–H groups in total. The van der Waals surface area contributed by atoms with Crippen LogP contribution in [0.25, 0.3) is 50.3 Å². The van der Waals surface area contributed by atoms with Gasteiger partial charge in [-0.2, -0.15) is 10.4 Å². The lowest BCUT2D eigenvalue weighted by atomic mass is 9.95. The topological polar surface area (TPSA) is 131 Å². The second-order valence-electron chi connectivity index (χ2n) is 9.98. The first-order valence-electron chi connectivity index (χ1n) is 13.0. The van der Waals surface area contributed by atoms with Crippen molar-refractivity contribution in [1.29, 1.82) is 5.26 Å². The largest absolute Gasteiger partial charge is 0.506 e. The van der Waals surface area contributed by atoms with Crippen molar-refractivity contribution in [3.63, 3.8) is 0 Å². The van der Waals surface area contributed by atoms with Crippen molar-refractivity contribution >= 4 is 16.8 Å². The molecule has 41 heavy (non-hydrogen) atoms. The zero-order chi connectivity index (χ0) is 28.8. The van der Waals surface area contributed by atoms with Crippen LogP contribution in [-0.2, 0) is 0 Å². The van der Waals surface area contributed by atoms with E-state index >= 15 is 0 Å². The third-order valence-electron chi connectivity index (χ3n) is 7.20. The van der Waals surface area contributed by atoms with Crippen molar-refractivity contribution in [2.45, 2.75) is 20.8 Å². The highest BCUT2D eigenvalue weighted by Crippen LogP contribution is 2.40. The van der Waals surface area contributed by atoms with Gasteiger partial charge in [-0.05, 0) is 50.1 Å². The molecule has 0 aliphatic carbocycles. The van der Waals surface area contributed by atoms with Crippen LogP contribution in [0, 0.1) is 32.1 Å². The van der Waals surface area contributed by atoms with Crippen LogP contribution in [0.1, 0.15) is 22.3 Å². The Labute approximate surface area is 235 Å². The smallest absolute Gasteiger partial charge is 0.349 e. The normalized spacial score (nSPS) is 11.1. The first-order chi connectivity index (χ1) is 19.8. The number of fused-ring (bicyclic) bond motifs is 1. The minimum absolute atomic E-state index is 0.0813. The van der Waals surface area contributed by atoms with E-state index in [1.165, 1.54) is 0 Å². The van der Waals surface area contributed by atoms with E-state index in [9.17, 15) is 15.2 Å². The molecule has 0 spiro atoms. The Kier molecular flexibility index (Phi) is 6.12. The van der Waals surface area contributed by atoms with E-state index in [-0.39, 0.29) is 28.4 Å². The molecule has 3 aromatic carbocycles. The van der Waals surface area contributed by atoms with Crippen LogP contribution in [0.15, 0.2) is 88.2 Å². The summed E-state index contributed by atoms with van der Waals surface area (Å²) >= 11 is 0. The van der Waals surface area contributed by atoms with E-state index in [1.54, 1.807) is 17.7 Å². The minimum atomic E-state index is -0.759. The molecule has 0 saturated carbocycles. The molecule has 8 heteroatoms. The SMILES string of the molecule is Cc1ccc(-c2nn(-c3ccccc3)cc2-c2cc(-c3c(O)c4c(C)ccc(C)c4oc3=O)nc(N)c2C#N)cc1. The zero-order valence-corrected chi connectivity index (χ0v) is 22.6. The summed E-state index contributed by atoms with van der Waals surface area (Å²) in [6, 6.07) is 24.9. The van der Waals surface area contributed by atoms with Gasteiger partial charge in [0.15, 0.2) is 0 Å². The molecule has 0 fully saturated rings. The van der Waals surface area contributed by atoms with Gasteiger partial charge in [-0.25, -0.2) is 14.5 Å². The number of hydrogen-bond donors (Lipinski definition) is 2. The van der Waals surface area contributed by atoms with Gasteiger partial charge in [-0.1, -0.05) is 60.2 Å². The molecule has 6 aromatic rings. The van der Waals surface area contributed by atoms with Gasteiger partial charge in [0.05, 0.1) is 16.8 Å². The predicted molar refractivity (Wildman–Crippen MR) is 159 cm³/mol. The number of para-hydroxylation sites is 1. The maximum atomic E-state index is 13.3. The van der Waals surface area contributed by atoms with Gasteiger partial charge in [-0.3, -0.25) is 0 Å². The van der Waals surface area contributed by atoms with Gasteiger partial charge in [0.2, 0.25) is 0 Å². The lowest BCUT2D eigenvalue weighted by Crippen LogP contribution is -2.08. The molecule has 0 amide bonds. The average molecular weight is 540 g/mol.